The Morgan fingerprint density at radius 2 is 1.83 bits per heavy atom. The highest BCUT2D eigenvalue weighted by Crippen LogP contribution is 2.52. The van der Waals surface area contributed by atoms with Crippen LogP contribution in [-0.2, 0) is 0 Å². The molecular formula is C21H26N2O. The van der Waals surface area contributed by atoms with Crippen molar-refractivity contribution in [2.75, 3.05) is 19.7 Å². The summed E-state index contributed by atoms with van der Waals surface area (Å²) in [5, 5.41) is 0. The lowest BCUT2D eigenvalue weighted by Crippen LogP contribution is -2.31. The summed E-state index contributed by atoms with van der Waals surface area (Å²) in [7, 11) is 0. The molecule has 2 aromatic rings. The van der Waals surface area contributed by atoms with Crippen LogP contribution in [0.15, 0.2) is 42.6 Å². The van der Waals surface area contributed by atoms with Crippen LogP contribution in [0, 0.1) is 24.7 Å². The van der Waals surface area contributed by atoms with Crippen LogP contribution in [0.4, 0.5) is 0 Å². The van der Waals surface area contributed by atoms with E-state index >= 15 is 0 Å². The van der Waals surface area contributed by atoms with Crippen molar-refractivity contribution in [2.45, 2.75) is 26.8 Å². The van der Waals surface area contributed by atoms with Crippen molar-refractivity contribution < 1.29 is 4.74 Å². The first kappa shape index (κ1) is 15.6. The summed E-state index contributed by atoms with van der Waals surface area (Å²) in [6.45, 7) is 10.1. The Morgan fingerprint density at radius 3 is 2.46 bits per heavy atom. The van der Waals surface area contributed by atoms with Crippen LogP contribution in [0.5, 0.6) is 5.75 Å². The van der Waals surface area contributed by atoms with Crippen molar-refractivity contribution >= 4 is 0 Å². The zero-order valence-electron chi connectivity index (χ0n) is 14.8. The second kappa shape index (κ2) is 6.21. The van der Waals surface area contributed by atoms with Gasteiger partial charge in [-0.25, -0.2) is 0 Å². The number of hydrogen-bond acceptors (Lipinski definition) is 3. The average molecular weight is 322 g/mol. The quantitative estimate of drug-likeness (QED) is 0.831. The molecule has 3 heteroatoms. The molecule has 126 valence electrons. The molecule has 2 unspecified atom stereocenters. The monoisotopic (exact) mass is 322 g/mol. The zero-order chi connectivity index (χ0) is 16.7. The first-order valence-electron chi connectivity index (χ1n) is 9.02. The first-order valence-corrected chi connectivity index (χ1v) is 9.02. The van der Waals surface area contributed by atoms with Gasteiger partial charge in [0.15, 0.2) is 0 Å². The maximum Gasteiger partial charge on any atom is 0.119 e. The second-order valence-electron chi connectivity index (χ2n) is 7.54. The normalized spacial score (nSPS) is 25.8. The third kappa shape index (κ3) is 2.93. The number of aryl methyl sites for hydroxylation is 1. The Morgan fingerprint density at radius 1 is 1.12 bits per heavy atom. The fourth-order valence-electron chi connectivity index (χ4n) is 4.04. The highest BCUT2D eigenvalue weighted by atomic mass is 16.5. The number of ether oxygens (including phenoxy) is 1. The molecule has 4 rings (SSSR count). The summed E-state index contributed by atoms with van der Waals surface area (Å²) >= 11 is 0. The molecule has 1 saturated heterocycles. The average Bonchev–Trinajstić information content (AvgIpc) is 3.03. The van der Waals surface area contributed by atoms with Gasteiger partial charge in [-0.15, -0.1) is 0 Å². The standard InChI is InChI=1S/C21H26N2O/c1-14(2)23-11-18-19(12-23)20(18)13-24-17-8-6-16(7-9-17)21-15(3)5-4-10-22-21/h4-10,14,18-20H,11-13H2,1-3H3. The minimum atomic E-state index is 0.682. The minimum absolute atomic E-state index is 0.682. The Balaban J connectivity index is 1.32. The van der Waals surface area contributed by atoms with Crippen molar-refractivity contribution in [1.82, 2.24) is 9.88 Å². The highest BCUT2D eigenvalue weighted by Gasteiger charge is 2.56. The molecule has 2 aliphatic rings. The van der Waals surface area contributed by atoms with Gasteiger partial charge in [-0.05, 0) is 68.5 Å². The van der Waals surface area contributed by atoms with E-state index < -0.39 is 0 Å². The third-order valence-corrected chi connectivity index (χ3v) is 5.71. The Bertz CT molecular complexity index is 698. The van der Waals surface area contributed by atoms with Gasteiger partial charge in [-0.1, -0.05) is 6.07 Å². The predicted molar refractivity (Wildman–Crippen MR) is 97.1 cm³/mol. The summed E-state index contributed by atoms with van der Waals surface area (Å²) in [6, 6.07) is 13.1. The van der Waals surface area contributed by atoms with Crippen molar-refractivity contribution in [3.8, 4) is 17.0 Å². The Labute approximate surface area is 144 Å². The summed E-state index contributed by atoms with van der Waals surface area (Å²) < 4.78 is 6.04. The molecule has 0 N–H and O–H groups in total. The second-order valence-corrected chi connectivity index (χ2v) is 7.54. The van der Waals surface area contributed by atoms with Crippen molar-refractivity contribution in [3.05, 3.63) is 48.2 Å². The van der Waals surface area contributed by atoms with Gasteiger partial charge in [-0.2, -0.15) is 0 Å². The van der Waals surface area contributed by atoms with Crippen LogP contribution in [0.1, 0.15) is 19.4 Å². The maximum atomic E-state index is 6.04. The van der Waals surface area contributed by atoms with E-state index in [9.17, 15) is 0 Å². The number of likely N-dealkylation sites (tertiary alicyclic amines) is 1. The molecule has 2 atom stereocenters. The molecule has 0 bridgehead atoms. The van der Waals surface area contributed by atoms with Crippen LogP contribution >= 0.6 is 0 Å². The summed E-state index contributed by atoms with van der Waals surface area (Å²) in [5.41, 5.74) is 3.40. The lowest BCUT2D eigenvalue weighted by molar-refractivity contribution is 0.206. The lowest BCUT2D eigenvalue weighted by Gasteiger charge is -2.23. The van der Waals surface area contributed by atoms with Gasteiger partial charge in [-0.3, -0.25) is 4.98 Å². The van der Waals surface area contributed by atoms with E-state index in [4.69, 9.17) is 4.74 Å². The molecule has 1 aromatic heterocycles. The van der Waals surface area contributed by atoms with Gasteiger partial charge in [0, 0.05) is 36.8 Å². The number of benzene rings is 1. The first-order chi connectivity index (χ1) is 11.6. The van der Waals surface area contributed by atoms with E-state index in [1.165, 1.54) is 18.7 Å². The topological polar surface area (TPSA) is 25.4 Å². The van der Waals surface area contributed by atoms with E-state index in [2.05, 4.69) is 61.0 Å². The van der Waals surface area contributed by atoms with Gasteiger partial charge >= 0.3 is 0 Å². The molecular weight excluding hydrogens is 296 g/mol. The summed E-state index contributed by atoms with van der Waals surface area (Å²) in [5.74, 6) is 3.46. The maximum absolute atomic E-state index is 6.04. The number of fused-ring (bicyclic) bond motifs is 1. The molecule has 1 saturated carbocycles. The number of piperidine rings is 1. The van der Waals surface area contributed by atoms with E-state index in [1.54, 1.807) is 0 Å². The molecule has 3 nitrogen and oxygen atoms in total. The molecule has 0 spiro atoms. The van der Waals surface area contributed by atoms with Crippen molar-refractivity contribution in [3.63, 3.8) is 0 Å². The van der Waals surface area contributed by atoms with Gasteiger partial charge in [0.25, 0.3) is 0 Å². The minimum Gasteiger partial charge on any atom is -0.493 e. The Kier molecular flexibility index (Phi) is 4.05. The van der Waals surface area contributed by atoms with Gasteiger partial charge in [0.2, 0.25) is 0 Å². The van der Waals surface area contributed by atoms with E-state index in [0.29, 0.717) is 6.04 Å². The van der Waals surface area contributed by atoms with Crippen LogP contribution in [0.25, 0.3) is 11.3 Å². The van der Waals surface area contributed by atoms with Crippen LogP contribution in [0.2, 0.25) is 0 Å². The number of hydrogen-bond donors (Lipinski definition) is 0. The summed E-state index contributed by atoms with van der Waals surface area (Å²) in [6.07, 6.45) is 1.85. The molecule has 1 aliphatic heterocycles. The number of aromatic nitrogens is 1. The smallest absolute Gasteiger partial charge is 0.119 e. The van der Waals surface area contributed by atoms with Crippen LogP contribution < -0.4 is 4.74 Å². The largest absolute Gasteiger partial charge is 0.493 e. The molecule has 0 radical (unpaired) electrons. The van der Waals surface area contributed by atoms with Crippen molar-refractivity contribution in [2.24, 2.45) is 17.8 Å². The molecule has 2 fully saturated rings. The Hall–Kier alpha value is -1.87. The number of pyridine rings is 1. The highest BCUT2D eigenvalue weighted by molar-refractivity contribution is 5.63. The molecule has 1 aliphatic carbocycles. The molecule has 1 aromatic carbocycles. The van der Waals surface area contributed by atoms with E-state index in [1.807, 2.05) is 12.3 Å². The molecule has 0 amide bonds. The molecule has 24 heavy (non-hydrogen) atoms. The molecule has 2 heterocycles. The van der Waals surface area contributed by atoms with Crippen LogP contribution in [-0.4, -0.2) is 35.6 Å². The summed E-state index contributed by atoms with van der Waals surface area (Å²) in [4.78, 5) is 7.07. The fraction of sp³-hybridized carbons (Fsp3) is 0.476. The zero-order valence-corrected chi connectivity index (χ0v) is 14.8. The third-order valence-electron chi connectivity index (χ3n) is 5.71. The van der Waals surface area contributed by atoms with E-state index in [0.717, 1.165) is 41.4 Å². The van der Waals surface area contributed by atoms with E-state index in [-0.39, 0.29) is 0 Å². The van der Waals surface area contributed by atoms with Crippen LogP contribution in [0.3, 0.4) is 0 Å². The van der Waals surface area contributed by atoms with Crippen molar-refractivity contribution in [1.29, 1.82) is 0 Å². The SMILES string of the molecule is Cc1cccnc1-c1ccc(OCC2C3CN(C(C)C)CC23)cc1. The fourth-order valence-corrected chi connectivity index (χ4v) is 4.04. The van der Waals surface area contributed by atoms with Gasteiger partial charge in [0.05, 0.1) is 12.3 Å². The lowest BCUT2D eigenvalue weighted by atomic mass is 10.1. The number of nitrogens with zero attached hydrogens (tertiary/aromatic N) is 2. The van der Waals surface area contributed by atoms with Gasteiger partial charge < -0.3 is 9.64 Å². The van der Waals surface area contributed by atoms with Gasteiger partial charge in [0.1, 0.15) is 5.75 Å². The predicted octanol–water partition coefficient (Wildman–Crippen LogP) is 4.02. The number of rotatable bonds is 5.